The largest absolute Gasteiger partial charge is 0.275 e. The summed E-state index contributed by atoms with van der Waals surface area (Å²) in [5.41, 5.74) is 0. The van der Waals surface area contributed by atoms with Crippen molar-refractivity contribution < 1.29 is 17.6 Å². The van der Waals surface area contributed by atoms with Gasteiger partial charge in [-0.05, 0) is 12.8 Å². The molecule has 0 rings (SSSR count). The molecule has 0 aliphatic heterocycles. The summed E-state index contributed by atoms with van der Waals surface area (Å²) in [5.74, 6) is -3.24. The summed E-state index contributed by atoms with van der Waals surface area (Å²) in [6.07, 6.45) is -0.406. The molecule has 0 heterocycles. The van der Waals surface area contributed by atoms with E-state index in [1.807, 2.05) is 0 Å². The third-order valence-corrected chi connectivity index (χ3v) is 1.12. The molecule has 0 N–H and O–H groups in total. The van der Waals surface area contributed by atoms with Gasteiger partial charge in [-0.3, -0.25) is 4.39 Å². The van der Waals surface area contributed by atoms with Gasteiger partial charge in [-0.15, -0.1) is 0 Å². The maximum Gasteiger partial charge on any atom is 0.275 e. The minimum absolute atomic E-state index is 0.0490. The molecular formula is C6H10F4. The average molecular weight is 158 g/mol. The molecule has 0 radical (unpaired) electrons. The quantitative estimate of drug-likeness (QED) is 0.426. The molecule has 0 amide bonds. The molecule has 0 aromatic rings. The number of alkyl halides is 4. The van der Waals surface area contributed by atoms with Gasteiger partial charge in [0, 0.05) is 6.42 Å². The van der Waals surface area contributed by atoms with Crippen molar-refractivity contribution in [3.05, 3.63) is 0 Å². The van der Waals surface area contributed by atoms with E-state index in [1.165, 1.54) is 0 Å². The zero-order valence-electron chi connectivity index (χ0n) is 5.55. The molecule has 0 spiro atoms. The highest BCUT2D eigenvalue weighted by Gasteiger charge is 2.27. The molecule has 0 unspecified atom stereocenters. The summed E-state index contributed by atoms with van der Waals surface area (Å²) in [5, 5.41) is 0. The zero-order valence-corrected chi connectivity index (χ0v) is 5.55. The van der Waals surface area contributed by atoms with Crippen molar-refractivity contribution in [2.24, 2.45) is 0 Å². The van der Waals surface area contributed by atoms with E-state index < -0.39 is 25.7 Å². The fourth-order valence-electron chi connectivity index (χ4n) is 0.545. The van der Waals surface area contributed by atoms with E-state index >= 15 is 0 Å². The molecule has 0 nitrogen and oxygen atoms in total. The van der Waals surface area contributed by atoms with Crippen molar-refractivity contribution in [1.29, 1.82) is 0 Å². The van der Waals surface area contributed by atoms with Crippen LogP contribution in [0.2, 0.25) is 0 Å². The summed E-state index contributed by atoms with van der Waals surface area (Å²) in [6.45, 7) is -2.25. The Bertz CT molecular complexity index is 81.8. The summed E-state index contributed by atoms with van der Waals surface area (Å²) in [4.78, 5) is 0. The number of hydrogen-bond acceptors (Lipinski definition) is 0. The fourth-order valence-corrected chi connectivity index (χ4v) is 0.545. The van der Waals surface area contributed by atoms with E-state index in [9.17, 15) is 17.6 Å². The zero-order chi connectivity index (χ0) is 8.04. The Labute approximate surface area is 57.2 Å². The van der Waals surface area contributed by atoms with Crippen LogP contribution >= 0.6 is 0 Å². The minimum atomic E-state index is -3.24. The number of rotatable bonds is 5. The molecule has 0 aromatic carbocycles. The highest BCUT2D eigenvalue weighted by molar-refractivity contribution is 4.63. The Kier molecular flexibility index (Phi) is 4.40. The van der Waals surface area contributed by atoms with E-state index in [4.69, 9.17) is 0 Å². The fraction of sp³-hybridized carbons (Fsp3) is 1.00. The number of unbranched alkanes of at least 4 members (excludes halogenated alkanes) is 1. The molecule has 62 valence electrons. The second-order valence-electron chi connectivity index (χ2n) is 2.14. The number of hydrogen-bond donors (Lipinski definition) is 0. The standard InChI is InChI=1S/C6H10F4/c7-4-2-1-3-6(9,10)5-8/h1-5H2. The third kappa shape index (κ3) is 4.58. The first-order chi connectivity index (χ1) is 4.62. The van der Waals surface area contributed by atoms with Crippen molar-refractivity contribution in [3.63, 3.8) is 0 Å². The van der Waals surface area contributed by atoms with E-state index in [0.717, 1.165) is 0 Å². The van der Waals surface area contributed by atoms with Gasteiger partial charge in [-0.2, -0.15) is 0 Å². The van der Waals surface area contributed by atoms with Crippen LogP contribution in [0.5, 0.6) is 0 Å². The highest BCUT2D eigenvalue weighted by Crippen LogP contribution is 2.21. The van der Waals surface area contributed by atoms with Crippen LogP contribution in [0.4, 0.5) is 17.6 Å². The van der Waals surface area contributed by atoms with E-state index in [0.29, 0.717) is 0 Å². The highest BCUT2D eigenvalue weighted by atomic mass is 19.3. The van der Waals surface area contributed by atoms with E-state index in [-0.39, 0.29) is 12.8 Å². The van der Waals surface area contributed by atoms with Crippen LogP contribution < -0.4 is 0 Å². The van der Waals surface area contributed by atoms with Crippen molar-refractivity contribution in [2.75, 3.05) is 13.3 Å². The molecule has 0 aliphatic rings. The number of halogens is 4. The SMILES string of the molecule is FCCCCC(F)(F)CF. The molecule has 0 aromatic heterocycles. The summed E-state index contributed by atoms with van der Waals surface area (Å²) in [7, 11) is 0. The van der Waals surface area contributed by atoms with Gasteiger partial charge in [-0.1, -0.05) is 0 Å². The van der Waals surface area contributed by atoms with Crippen molar-refractivity contribution in [1.82, 2.24) is 0 Å². The van der Waals surface area contributed by atoms with Gasteiger partial charge < -0.3 is 0 Å². The second-order valence-corrected chi connectivity index (χ2v) is 2.14. The molecule has 0 saturated carbocycles. The topological polar surface area (TPSA) is 0 Å². The van der Waals surface area contributed by atoms with Gasteiger partial charge in [0.2, 0.25) is 0 Å². The van der Waals surface area contributed by atoms with E-state index in [2.05, 4.69) is 0 Å². The Balaban J connectivity index is 3.28. The molecule has 0 aliphatic carbocycles. The lowest BCUT2D eigenvalue weighted by Gasteiger charge is -2.09. The van der Waals surface area contributed by atoms with Crippen LogP contribution in [0, 0.1) is 0 Å². The maximum atomic E-state index is 12.0. The van der Waals surface area contributed by atoms with Crippen LogP contribution in [-0.2, 0) is 0 Å². The third-order valence-electron chi connectivity index (χ3n) is 1.12. The van der Waals surface area contributed by atoms with Gasteiger partial charge in [0.15, 0.2) is 6.67 Å². The predicted octanol–water partition coefficient (Wildman–Crippen LogP) is 2.73. The van der Waals surface area contributed by atoms with Gasteiger partial charge in [0.05, 0.1) is 6.67 Å². The summed E-state index contributed by atoms with van der Waals surface area (Å²) < 4.78 is 46.6. The molecule has 10 heavy (non-hydrogen) atoms. The first kappa shape index (κ1) is 9.72. The average Bonchev–Trinajstić information content (AvgIpc) is 1.89. The predicted molar refractivity (Wildman–Crippen MR) is 30.7 cm³/mol. The van der Waals surface area contributed by atoms with Crippen molar-refractivity contribution in [3.8, 4) is 0 Å². The molecule has 0 fully saturated rings. The van der Waals surface area contributed by atoms with Crippen LogP contribution in [0.1, 0.15) is 19.3 Å². The van der Waals surface area contributed by atoms with Crippen LogP contribution in [-0.4, -0.2) is 19.3 Å². The Morgan fingerprint density at radius 3 is 2.00 bits per heavy atom. The Hall–Kier alpha value is -0.280. The van der Waals surface area contributed by atoms with Gasteiger partial charge in [0.1, 0.15) is 0 Å². The Morgan fingerprint density at radius 2 is 1.60 bits per heavy atom. The second kappa shape index (κ2) is 4.52. The molecule has 4 heteroatoms. The first-order valence-corrected chi connectivity index (χ1v) is 3.12. The molecule has 0 atom stereocenters. The monoisotopic (exact) mass is 158 g/mol. The molecule has 0 bridgehead atoms. The van der Waals surface area contributed by atoms with Gasteiger partial charge >= 0.3 is 0 Å². The van der Waals surface area contributed by atoms with Crippen LogP contribution in [0.15, 0.2) is 0 Å². The smallest absolute Gasteiger partial charge is 0.251 e. The van der Waals surface area contributed by atoms with Crippen molar-refractivity contribution in [2.45, 2.75) is 25.2 Å². The lowest BCUT2D eigenvalue weighted by atomic mass is 10.2. The molecular weight excluding hydrogens is 148 g/mol. The summed E-state index contributed by atoms with van der Waals surface area (Å²) >= 11 is 0. The summed E-state index contributed by atoms with van der Waals surface area (Å²) in [6, 6.07) is 0. The van der Waals surface area contributed by atoms with Gasteiger partial charge in [0.25, 0.3) is 5.92 Å². The van der Waals surface area contributed by atoms with Crippen LogP contribution in [0.3, 0.4) is 0 Å². The normalized spacial score (nSPS) is 12.0. The minimum Gasteiger partial charge on any atom is -0.251 e. The first-order valence-electron chi connectivity index (χ1n) is 3.12. The Morgan fingerprint density at radius 1 is 1.00 bits per heavy atom. The van der Waals surface area contributed by atoms with E-state index in [1.54, 1.807) is 0 Å². The van der Waals surface area contributed by atoms with Gasteiger partial charge in [-0.25, -0.2) is 13.2 Å². The van der Waals surface area contributed by atoms with Crippen LogP contribution in [0.25, 0.3) is 0 Å². The lowest BCUT2D eigenvalue weighted by Crippen LogP contribution is -2.18. The lowest BCUT2D eigenvalue weighted by molar-refractivity contribution is -0.0321. The van der Waals surface area contributed by atoms with Crippen molar-refractivity contribution >= 4 is 0 Å². The maximum absolute atomic E-state index is 12.0. The molecule has 0 saturated heterocycles.